The van der Waals surface area contributed by atoms with E-state index in [2.05, 4.69) is 140 Å². The van der Waals surface area contributed by atoms with E-state index in [9.17, 15) is 0 Å². The summed E-state index contributed by atoms with van der Waals surface area (Å²) in [5.41, 5.74) is 12.8. The van der Waals surface area contributed by atoms with Crippen molar-refractivity contribution >= 4 is 64.7 Å². The zero-order valence-electron chi connectivity index (χ0n) is 24.0. The monoisotopic (exact) mass is 574 g/mol. The summed E-state index contributed by atoms with van der Waals surface area (Å²) in [4.78, 5) is 0. The van der Waals surface area contributed by atoms with Crippen LogP contribution < -0.4 is 0 Å². The molecule has 1 atom stereocenters. The van der Waals surface area contributed by atoms with Crippen LogP contribution >= 0.6 is 11.3 Å². The third-order valence-electron chi connectivity index (χ3n) is 10.9. The van der Waals surface area contributed by atoms with E-state index in [-0.39, 0.29) is 5.41 Å². The van der Waals surface area contributed by atoms with E-state index >= 15 is 0 Å². The van der Waals surface area contributed by atoms with Crippen LogP contribution in [0.3, 0.4) is 0 Å². The first-order chi connectivity index (χ1) is 21.8. The molecule has 204 valence electrons. The zero-order chi connectivity index (χ0) is 28.6. The topological polar surface area (TPSA) is 0 Å². The summed E-state index contributed by atoms with van der Waals surface area (Å²) in [5, 5.41) is 8.33. The molecule has 44 heavy (non-hydrogen) atoms. The Morgan fingerprint density at radius 2 is 1.09 bits per heavy atom. The highest BCUT2D eigenvalue weighted by atomic mass is 32.1. The lowest BCUT2D eigenvalue weighted by Gasteiger charge is -2.38. The molecule has 3 aliphatic carbocycles. The lowest BCUT2D eigenvalue weighted by Crippen LogP contribution is -2.32. The Bertz CT molecular complexity index is 2550. The van der Waals surface area contributed by atoms with Crippen molar-refractivity contribution in [1.29, 1.82) is 0 Å². The van der Waals surface area contributed by atoms with Crippen molar-refractivity contribution in [3.8, 4) is 11.1 Å². The molecule has 0 saturated heterocycles. The van der Waals surface area contributed by atoms with Gasteiger partial charge in [0.2, 0.25) is 0 Å². The van der Waals surface area contributed by atoms with E-state index in [1.807, 2.05) is 11.3 Å². The highest BCUT2D eigenvalue weighted by Gasteiger charge is 2.56. The first kappa shape index (κ1) is 23.5. The van der Waals surface area contributed by atoms with Crippen molar-refractivity contribution in [2.24, 2.45) is 0 Å². The van der Waals surface area contributed by atoms with Crippen LogP contribution in [0.15, 0.2) is 133 Å². The summed E-state index contributed by atoms with van der Waals surface area (Å²) < 4.78 is 2.77. The van der Waals surface area contributed by atoms with Crippen LogP contribution in [0.25, 0.3) is 64.5 Å². The van der Waals surface area contributed by atoms with Crippen molar-refractivity contribution in [2.75, 3.05) is 0 Å². The van der Waals surface area contributed by atoms with Gasteiger partial charge in [-0.15, -0.1) is 11.3 Å². The predicted molar refractivity (Wildman–Crippen MR) is 188 cm³/mol. The van der Waals surface area contributed by atoms with Gasteiger partial charge in [-0.3, -0.25) is 0 Å². The van der Waals surface area contributed by atoms with Gasteiger partial charge in [0.05, 0.1) is 5.41 Å². The van der Waals surface area contributed by atoms with E-state index in [1.54, 1.807) is 5.56 Å². The minimum atomic E-state index is -0.227. The minimum absolute atomic E-state index is 0.227. The van der Waals surface area contributed by atoms with Crippen LogP contribution in [0.4, 0.5) is 0 Å². The van der Waals surface area contributed by atoms with Gasteiger partial charge >= 0.3 is 0 Å². The molecule has 0 saturated carbocycles. The van der Waals surface area contributed by atoms with Gasteiger partial charge in [0.15, 0.2) is 0 Å². The van der Waals surface area contributed by atoms with Gasteiger partial charge in [-0.05, 0) is 84.1 Å². The Morgan fingerprint density at radius 1 is 0.500 bits per heavy atom. The molecule has 0 radical (unpaired) electrons. The van der Waals surface area contributed by atoms with Crippen LogP contribution in [0.2, 0.25) is 0 Å². The largest absolute Gasteiger partial charge is 0.135 e. The molecule has 8 aromatic rings. The maximum absolute atomic E-state index is 2.56. The quantitative estimate of drug-likeness (QED) is 0.171. The summed E-state index contributed by atoms with van der Waals surface area (Å²) in [7, 11) is 0. The third kappa shape index (κ3) is 2.63. The summed E-state index contributed by atoms with van der Waals surface area (Å²) in [5.74, 6) is 0.302. The highest BCUT2D eigenvalue weighted by Crippen LogP contribution is 2.68. The lowest BCUT2D eigenvalue weighted by molar-refractivity contribution is 0.519. The number of thiophene rings is 1. The molecule has 1 aromatic heterocycles. The van der Waals surface area contributed by atoms with Crippen molar-refractivity contribution < 1.29 is 0 Å². The second-order valence-corrected chi connectivity index (χ2v) is 13.8. The molecule has 0 amide bonds. The fourth-order valence-electron chi connectivity index (χ4n) is 9.38. The third-order valence-corrected chi connectivity index (χ3v) is 12.1. The molecule has 0 aliphatic heterocycles. The Labute approximate surface area is 259 Å². The smallest absolute Gasteiger partial charge is 0.0541 e. The van der Waals surface area contributed by atoms with Crippen LogP contribution in [0.1, 0.15) is 45.7 Å². The molecule has 0 fully saturated rings. The van der Waals surface area contributed by atoms with Crippen LogP contribution in [-0.4, -0.2) is 0 Å². The maximum atomic E-state index is 2.56. The number of hydrogen-bond donors (Lipinski definition) is 0. The van der Waals surface area contributed by atoms with E-state index < -0.39 is 0 Å². The van der Waals surface area contributed by atoms with Crippen LogP contribution in [-0.2, 0) is 5.41 Å². The average Bonchev–Trinajstić information content (AvgIpc) is 3.72. The Morgan fingerprint density at radius 3 is 1.91 bits per heavy atom. The van der Waals surface area contributed by atoms with Crippen molar-refractivity contribution in [3.05, 3.63) is 167 Å². The average molecular weight is 575 g/mol. The van der Waals surface area contributed by atoms with Crippen molar-refractivity contribution in [1.82, 2.24) is 0 Å². The number of hydrogen-bond acceptors (Lipinski definition) is 1. The van der Waals surface area contributed by atoms with Gasteiger partial charge in [0.1, 0.15) is 0 Å². The van der Waals surface area contributed by atoms with Gasteiger partial charge in [0, 0.05) is 26.1 Å². The molecular formula is C43H26S. The second kappa shape index (κ2) is 8.14. The summed E-state index contributed by atoms with van der Waals surface area (Å²) in [6.45, 7) is 0. The Hall–Kier alpha value is -4.98. The van der Waals surface area contributed by atoms with Gasteiger partial charge in [-0.2, -0.15) is 0 Å². The Balaban J connectivity index is 1.30. The van der Waals surface area contributed by atoms with Crippen molar-refractivity contribution in [3.63, 3.8) is 0 Å². The number of benzene rings is 7. The molecular weight excluding hydrogens is 549 g/mol. The number of rotatable bonds is 1. The summed E-state index contributed by atoms with van der Waals surface area (Å²) in [6, 6.07) is 50.5. The van der Waals surface area contributed by atoms with Crippen molar-refractivity contribution in [2.45, 2.75) is 17.8 Å². The molecule has 1 spiro atoms. The zero-order valence-corrected chi connectivity index (χ0v) is 24.8. The van der Waals surface area contributed by atoms with Gasteiger partial charge in [0.25, 0.3) is 0 Å². The molecule has 0 N–H and O–H groups in total. The molecule has 3 aliphatic rings. The van der Waals surface area contributed by atoms with E-state index in [4.69, 9.17) is 0 Å². The molecule has 7 aromatic carbocycles. The van der Waals surface area contributed by atoms with Gasteiger partial charge in [-0.1, -0.05) is 133 Å². The number of fused-ring (bicyclic) bond motifs is 13. The maximum Gasteiger partial charge on any atom is 0.0541 e. The first-order valence-electron chi connectivity index (χ1n) is 15.6. The highest BCUT2D eigenvalue weighted by molar-refractivity contribution is 7.26. The molecule has 0 nitrogen and oxygen atoms in total. The minimum Gasteiger partial charge on any atom is -0.135 e. The van der Waals surface area contributed by atoms with E-state index in [0.29, 0.717) is 5.92 Å². The lowest BCUT2D eigenvalue weighted by atomic mass is 9.63. The van der Waals surface area contributed by atoms with Gasteiger partial charge < -0.3 is 0 Å². The fraction of sp³-hybridized carbons (Fsp3) is 0.0698. The normalized spacial score (nSPS) is 17.1. The van der Waals surface area contributed by atoms with Crippen LogP contribution in [0.5, 0.6) is 0 Å². The standard InChI is InChI=1S/C43H26S/c1-2-12-28-27(11-1)32-17-10-21-37-40(32)41-34(28)23-25(26-16-9-18-33-31-15-5-8-22-39(31)44-42(26)33)24-38(41)43(37)35-19-6-3-13-29(35)30-14-4-7-20-36(30)43/h1-23,38H,24H2. The molecule has 0 bridgehead atoms. The van der Waals surface area contributed by atoms with Gasteiger partial charge in [-0.25, -0.2) is 0 Å². The predicted octanol–water partition coefficient (Wildman–Crippen LogP) is 11.7. The Kier molecular flexibility index (Phi) is 4.34. The fourth-order valence-corrected chi connectivity index (χ4v) is 10.6. The van der Waals surface area contributed by atoms with E-state index in [1.165, 1.54) is 86.2 Å². The number of allylic oxidation sites excluding steroid dienone is 1. The summed E-state index contributed by atoms with van der Waals surface area (Å²) >= 11 is 1.94. The second-order valence-electron chi connectivity index (χ2n) is 12.7. The molecule has 1 heterocycles. The first-order valence-corrected chi connectivity index (χ1v) is 16.4. The molecule has 11 rings (SSSR count). The van der Waals surface area contributed by atoms with Crippen LogP contribution in [0, 0.1) is 0 Å². The SMILES string of the molecule is C1=C(c2cccc3c2sc2ccccc23)CC2c3c1c1ccccc1c1cccc(c31)C21c2ccccc2-c2ccccc21. The summed E-state index contributed by atoms with van der Waals surface area (Å²) in [6.07, 6.45) is 3.57. The molecule has 1 unspecified atom stereocenters. The van der Waals surface area contributed by atoms with E-state index in [0.717, 1.165) is 6.42 Å². The molecule has 1 heteroatoms.